The van der Waals surface area contributed by atoms with Gasteiger partial charge in [0, 0.05) is 13.0 Å². The van der Waals surface area contributed by atoms with Crippen molar-refractivity contribution in [3.63, 3.8) is 0 Å². The minimum absolute atomic E-state index is 0.0240. The topological polar surface area (TPSA) is 38.3 Å². The van der Waals surface area contributed by atoms with Gasteiger partial charge < -0.3 is 10.1 Å². The summed E-state index contributed by atoms with van der Waals surface area (Å²) in [7, 11) is 0. The lowest BCUT2D eigenvalue weighted by molar-refractivity contribution is -0.174. The number of amides is 1. The first-order valence-corrected chi connectivity index (χ1v) is 7.45. The Labute approximate surface area is 119 Å². The summed E-state index contributed by atoms with van der Waals surface area (Å²) < 4.78 is 40.6. The number of ether oxygens (including phenoxy) is 1. The van der Waals surface area contributed by atoms with Crippen LogP contribution in [0.2, 0.25) is 0 Å². The Balaban J connectivity index is 3.28. The van der Waals surface area contributed by atoms with Crippen LogP contribution in [0.25, 0.3) is 0 Å². The molecule has 18 heavy (non-hydrogen) atoms. The van der Waals surface area contributed by atoms with E-state index in [1.807, 2.05) is 0 Å². The van der Waals surface area contributed by atoms with Crippen molar-refractivity contribution < 1.29 is 22.7 Å². The second-order valence-electron chi connectivity index (χ2n) is 3.87. The molecule has 0 heterocycles. The number of carbonyl (C=O) groups excluding carboxylic acids is 1. The van der Waals surface area contributed by atoms with E-state index in [-0.39, 0.29) is 18.9 Å². The van der Waals surface area contributed by atoms with Crippen molar-refractivity contribution in [2.24, 2.45) is 0 Å². The molecule has 108 valence electrons. The quantitative estimate of drug-likeness (QED) is 0.359. The Morgan fingerprint density at radius 3 is 2.44 bits per heavy atom. The molecule has 7 heteroatoms. The highest BCUT2D eigenvalue weighted by atomic mass is 127. The van der Waals surface area contributed by atoms with E-state index >= 15 is 0 Å². The van der Waals surface area contributed by atoms with E-state index < -0.39 is 12.8 Å². The molecule has 0 fully saturated rings. The average molecular weight is 381 g/mol. The lowest BCUT2D eigenvalue weighted by Crippen LogP contribution is -2.26. The van der Waals surface area contributed by atoms with Crippen LogP contribution in [0.15, 0.2) is 0 Å². The van der Waals surface area contributed by atoms with Crippen LogP contribution in [0.1, 0.15) is 32.1 Å². The van der Waals surface area contributed by atoms with Crippen molar-refractivity contribution in [2.75, 3.05) is 24.2 Å². The van der Waals surface area contributed by atoms with Gasteiger partial charge in [-0.1, -0.05) is 35.4 Å². The van der Waals surface area contributed by atoms with Crippen LogP contribution in [-0.4, -0.2) is 36.3 Å². The van der Waals surface area contributed by atoms with Crippen molar-refractivity contribution in [2.45, 2.75) is 38.3 Å². The number of nitrogens with one attached hydrogen (secondary N) is 1. The van der Waals surface area contributed by atoms with E-state index in [1.54, 1.807) is 0 Å². The lowest BCUT2D eigenvalue weighted by atomic mass is 10.2. The highest BCUT2D eigenvalue weighted by Crippen LogP contribution is 2.14. The molecule has 0 aliphatic carbocycles. The molecule has 0 aromatic rings. The maximum atomic E-state index is 11.7. The minimum atomic E-state index is -4.32. The number of alkyl halides is 4. The van der Waals surface area contributed by atoms with Gasteiger partial charge in [-0.2, -0.15) is 13.2 Å². The first-order chi connectivity index (χ1) is 8.45. The molecular weight excluding hydrogens is 362 g/mol. The third-order valence-corrected chi connectivity index (χ3v) is 2.88. The lowest BCUT2D eigenvalue weighted by Gasteiger charge is -2.08. The van der Waals surface area contributed by atoms with Crippen LogP contribution in [0.5, 0.6) is 0 Å². The second-order valence-corrected chi connectivity index (χ2v) is 4.95. The van der Waals surface area contributed by atoms with E-state index in [2.05, 4.69) is 32.6 Å². The molecule has 0 unspecified atom stereocenters. The average Bonchev–Trinajstić information content (AvgIpc) is 2.28. The molecule has 0 saturated carbocycles. The zero-order chi connectivity index (χ0) is 13.9. The Bertz CT molecular complexity index is 225. The molecule has 0 saturated heterocycles. The zero-order valence-electron chi connectivity index (χ0n) is 10.2. The summed E-state index contributed by atoms with van der Waals surface area (Å²) in [5.41, 5.74) is 0. The second kappa shape index (κ2) is 10.8. The molecule has 0 radical (unpaired) electrons. The molecule has 0 aromatic heterocycles. The summed E-state index contributed by atoms with van der Waals surface area (Å²) in [5, 5.41) is 2.66. The zero-order valence-corrected chi connectivity index (χ0v) is 12.3. The Kier molecular flexibility index (Phi) is 10.8. The molecular formula is C11H19F3INO2. The summed E-state index contributed by atoms with van der Waals surface area (Å²) in [6, 6.07) is 0. The van der Waals surface area contributed by atoms with Crippen LogP contribution in [-0.2, 0) is 9.53 Å². The van der Waals surface area contributed by atoms with Gasteiger partial charge in [-0.25, -0.2) is 0 Å². The molecule has 0 aromatic carbocycles. The van der Waals surface area contributed by atoms with Crippen molar-refractivity contribution in [1.82, 2.24) is 5.32 Å². The number of hydrogen-bond donors (Lipinski definition) is 1. The molecule has 0 spiro atoms. The van der Waals surface area contributed by atoms with Gasteiger partial charge >= 0.3 is 6.18 Å². The van der Waals surface area contributed by atoms with E-state index in [9.17, 15) is 18.0 Å². The van der Waals surface area contributed by atoms with Crippen molar-refractivity contribution in [3.8, 4) is 0 Å². The third-order valence-electron chi connectivity index (χ3n) is 2.12. The van der Waals surface area contributed by atoms with Gasteiger partial charge in [-0.05, 0) is 17.3 Å². The van der Waals surface area contributed by atoms with Gasteiger partial charge in [0.05, 0.1) is 6.61 Å². The molecule has 0 bridgehead atoms. The highest BCUT2D eigenvalue weighted by Gasteiger charge is 2.27. The molecule has 1 amide bonds. The van der Waals surface area contributed by atoms with Crippen LogP contribution in [0.3, 0.4) is 0 Å². The fourth-order valence-electron chi connectivity index (χ4n) is 1.24. The van der Waals surface area contributed by atoms with E-state index in [0.29, 0.717) is 6.54 Å². The Morgan fingerprint density at radius 1 is 1.17 bits per heavy atom. The normalized spacial score (nSPS) is 11.6. The molecule has 1 N–H and O–H groups in total. The van der Waals surface area contributed by atoms with Crippen molar-refractivity contribution in [1.29, 1.82) is 0 Å². The van der Waals surface area contributed by atoms with Gasteiger partial charge in [0.25, 0.3) is 0 Å². The highest BCUT2D eigenvalue weighted by molar-refractivity contribution is 14.1. The molecule has 3 nitrogen and oxygen atoms in total. The minimum Gasteiger partial charge on any atom is -0.372 e. The predicted molar refractivity (Wildman–Crippen MR) is 71.9 cm³/mol. The van der Waals surface area contributed by atoms with Gasteiger partial charge in [0.2, 0.25) is 5.91 Å². The summed E-state index contributed by atoms with van der Waals surface area (Å²) in [4.78, 5) is 11.2. The monoisotopic (exact) mass is 381 g/mol. The summed E-state index contributed by atoms with van der Waals surface area (Å²) >= 11 is 2.32. The van der Waals surface area contributed by atoms with Crippen LogP contribution in [0, 0.1) is 0 Å². The summed E-state index contributed by atoms with van der Waals surface area (Å²) in [6.45, 7) is -0.907. The van der Waals surface area contributed by atoms with Crippen LogP contribution in [0.4, 0.5) is 13.2 Å². The van der Waals surface area contributed by atoms with Gasteiger partial charge in [0.15, 0.2) is 0 Å². The molecule has 0 aliphatic rings. The van der Waals surface area contributed by atoms with Crippen molar-refractivity contribution >= 4 is 28.5 Å². The largest absolute Gasteiger partial charge is 0.411 e. The van der Waals surface area contributed by atoms with Gasteiger partial charge in [-0.3, -0.25) is 4.79 Å². The third kappa shape index (κ3) is 14.0. The molecule has 0 rings (SSSR count). The first kappa shape index (κ1) is 17.9. The summed E-state index contributed by atoms with van der Waals surface area (Å²) in [6.07, 6.45) is -0.0497. The number of hydrogen-bond acceptors (Lipinski definition) is 2. The number of rotatable bonds is 10. The van der Waals surface area contributed by atoms with Crippen LogP contribution < -0.4 is 5.32 Å². The Morgan fingerprint density at radius 2 is 1.83 bits per heavy atom. The molecule has 0 aliphatic heterocycles. The smallest absolute Gasteiger partial charge is 0.372 e. The molecule has 0 atom stereocenters. The summed E-state index contributed by atoms with van der Waals surface area (Å²) in [5.74, 6) is -0.258. The first-order valence-electron chi connectivity index (χ1n) is 5.93. The van der Waals surface area contributed by atoms with Gasteiger partial charge in [-0.15, -0.1) is 0 Å². The number of unbranched alkanes of at least 4 members (excludes halogenated alkanes) is 3. The van der Waals surface area contributed by atoms with E-state index in [4.69, 9.17) is 0 Å². The van der Waals surface area contributed by atoms with E-state index in [0.717, 1.165) is 23.7 Å². The SMILES string of the molecule is O=C(CCOCC(F)(F)F)NCCCCCCI. The Hall–Kier alpha value is -0.0500. The maximum Gasteiger partial charge on any atom is 0.411 e. The number of halogens is 4. The standard InChI is InChI=1S/C11H19F3INO2/c12-11(13,14)9-18-8-5-10(17)16-7-4-2-1-3-6-15/h1-9H2,(H,16,17). The predicted octanol–water partition coefficient (Wildman–Crippen LogP) is 3.07. The fourth-order valence-corrected chi connectivity index (χ4v) is 1.78. The van der Waals surface area contributed by atoms with Crippen LogP contribution >= 0.6 is 22.6 Å². The maximum absolute atomic E-state index is 11.7. The van der Waals surface area contributed by atoms with E-state index in [1.165, 1.54) is 6.42 Å². The fraction of sp³-hybridized carbons (Fsp3) is 0.909. The van der Waals surface area contributed by atoms with Crippen molar-refractivity contribution in [3.05, 3.63) is 0 Å². The van der Waals surface area contributed by atoms with Gasteiger partial charge in [0.1, 0.15) is 6.61 Å². The number of carbonyl (C=O) groups is 1.